The summed E-state index contributed by atoms with van der Waals surface area (Å²) in [6.45, 7) is 5.83. The van der Waals surface area contributed by atoms with Crippen molar-refractivity contribution in [2.75, 3.05) is 14.1 Å². The summed E-state index contributed by atoms with van der Waals surface area (Å²) in [5.74, 6) is 0. The first kappa shape index (κ1) is 15.3. The zero-order valence-corrected chi connectivity index (χ0v) is 12.4. The van der Waals surface area contributed by atoms with Gasteiger partial charge in [0.2, 0.25) is 0 Å². The second-order valence-corrected chi connectivity index (χ2v) is 4.89. The van der Waals surface area contributed by atoms with Gasteiger partial charge in [-0.25, -0.2) is 0 Å². The highest BCUT2D eigenvalue weighted by atomic mass is 15.3. The average Bonchev–Trinajstić information content (AvgIpc) is 2.42. The Balaban J connectivity index is 0.000000861. The Hall–Kier alpha value is -1.74. The molecule has 0 N–H and O–H groups in total. The second-order valence-electron chi connectivity index (χ2n) is 4.89. The lowest BCUT2D eigenvalue weighted by atomic mass is 10.2. The monoisotopic (exact) mass is 258 g/mol. The Bertz CT molecular complexity index is 408. The molecule has 0 aliphatic heterocycles. The summed E-state index contributed by atoms with van der Waals surface area (Å²) in [6, 6.07) is 12.1. The summed E-state index contributed by atoms with van der Waals surface area (Å²) in [5, 5.41) is 0. The van der Waals surface area contributed by atoms with Gasteiger partial charge in [0.15, 0.2) is 0 Å². The van der Waals surface area contributed by atoms with Crippen LogP contribution in [0.2, 0.25) is 0 Å². The van der Waals surface area contributed by atoms with Crippen LogP contribution >= 0.6 is 0 Å². The van der Waals surface area contributed by atoms with Crippen LogP contribution in [0.5, 0.6) is 0 Å². The van der Waals surface area contributed by atoms with Crippen molar-refractivity contribution in [3.63, 3.8) is 0 Å². The first-order valence-corrected chi connectivity index (χ1v) is 6.77. The lowest BCUT2D eigenvalue weighted by molar-refractivity contribution is -0.917. The highest BCUT2D eigenvalue weighted by Gasteiger charge is 2.17. The van der Waals surface area contributed by atoms with Crippen molar-refractivity contribution in [3.05, 3.63) is 60.2 Å². The molecule has 0 aromatic carbocycles. The highest BCUT2D eigenvalue weighted by molar-refractivity contribution is 5.03. The van der Waals surface area contributed by atoms with Gasteiger partial charge in [-0.15, -0.1) is 0 Å². The third-order valence-electron chi connectivity index (χ3n) is 2.63. The minimum absolute atomic E-state index is 0.855. The van der Waals surface area contributed by atoms with E-state index in [4.69, 9.17) is 0 Å². The molecule has 3 nitrogen and oxygen atoms in total. The zero-order valence-electron chi connectivity index (χ0n) is 12.4. The fourth-order valence-electron chi connectivity index (χ4n) is 1.92. The maximum atomic E-state index is 4.37. The number of rotatable bonds is 4. The topological polar surface area (TPSA) is 25.8 Å². The molecule has 0 radical (unpaired) electrons. The Morgan fingerprint density at radius 2 is 1.21 bits per heavy atom. The van der Waals surface area contributed by atoms with Crippen LogP contribution < -0.4 is 0 Å². The summed E-state index contributed by atoms with van der Waals surface area (Å²) in [7, 11) is 4.40. The quantitative estimate of drug-likeness (QED) is 0.787. The number of hydrogen-bond donors (Lipinski definition) is 0. The van der Waals surface area contributed by atoms with Gasteiger partial charge in [0.1, 0.15) is 13.1 Å². The number of pyridine rings is 2. The molecule has 0 aliphatic carbocycles. The smallest absolute Gasteiger partial charge is 0.121 e. The standard InChI is InChI=1S/C14H18N3.C2H6/c1-17(2,11-13-7-3-5-9-15-13)12-14-8-4-6-10-16-14;1-2/h3-10H,11-12H2,1-2H3;1-2H3/q+1;. The van der Waals surface area contributed by atoms with E-state index in [1.807, 2.05) is 50.5 Å². The van der Waals surface area contributed by atoms with Gasteiger partial charge < -0.3 is 4.48 Å². The molecule has 2 aromatic heterocycles. The molecule has 3 heteroatoms. The summed E-state index contributed by atoms with van der Waals surface area (Å²) >= 11 is 0. The summed E-state index contributed by atoms with van der Waals surface area (Å²) in [4.78, 5) is 8.74. The molecule has 2 heterocycles. The lowest BCUT2D eigenvalue weighted by Gasteiger charge is -2.28. The molecule has 102 valence electrons. The summed E-state index contributed by atoms with van der Waals surface area (Å²) < 4.78 is 0.855. The Morgan fingerprint density at radius 3 is 1.53 bits per heavy atom. The van der Waals surface area contributed by atoms with Gasteiger partial charge in [-0.05, 0) is 24.3 Å². The fraction of sp³-hybridized carbons (Fsp3) is 0.375. The van der Waals surface area contributed by atoms with E-state index in [9.17, 15) is 0 Å². The second kappa shape index (κ2) is 7.64. The van der Waals surface area contributed by atoms with Crippen LogP contribution in [0.4, 0.5) is 0 Å². The fourth-order valence-corrected chi connectivity index (χ4v) is 1.92. The molecule has 0 fully saturated rings. The van der Waals surface area contributed by atoms with Gasteiger partial charge in [0, 0.05) is 12.4 Å². The van der Waals surface area contributed by atoms with Crippen molar-refractivity contribution in [1.29, 1.82) is 0 Å². The largest absolute Gasteiger partial charge is 0.318 e. The number of hydrogen-bond acceptors (Lipinski definition) is 2. The molecular weight excluding hydrogens is 234 g/mol. The predicted molar refractivity (Wildman–Crippen MR) is 79.3 cm³/mol. The van der Waals surface area contributed by atoms with Crippen molar-refractivity contribution in [2.45, 2.75) is 26.9 Å². The third-order valence-corrected chi connectivity index (χ3v) is 2.63. The van der Waals surface area contributed by atoms with E-state index in [0.717, 1.165) is 29.0 Å². The predicted octanol–water partition coefficient (Wildman–Crippen LogP) is 3.28. The van der Waals surface area contributed by atoms with Crippen LogP contribution in [-0.4, -0.2) is 28.5 Å². The highest BCUT2D eigenvalue weighted by Crippen LogP contribution is 2.11. The van der Waals surface area contributed by atoms with E-state index in [1.54, 1.807) is 0 Å². The van der Waals surface area contributed by atoms with Crippen LogP contribution in [0.3, 0.4) is 0 Å². The lowest BCUT2D eigenvalue weighted by Crippen LogP contribution is -2.38. The molecule has 0 saturated heterocycles. The van der Waals surface area contributed by atoms with Crippen molar-refractivity contribution in [3.8, 4) is 0 Å². The zero-order chi connectivity index (χ0) is 14.1. The molecule has 0 unspecified atom stereocenters. The number of aromatic nitrogens is 2. The van der Waals surface area contributed by atoms with Gasteiger partial charge >= 0.3 is 0 Å². The minimum atomic E-state index is 0.855. The van der Waals surface area contributed by atoms with Gasteiger partial charge in [-0.1, -0.05) is 26.0 Å². The maximum absolute atomic E-state index is 4.37. The van der Waals surface area contributed by atoms with E-state index in [2.05, 4.69) is 36.2 Å². The van der Waals surface area contributed by atoms with Crippen LogP contribution in [0.15, 0.2) is 48.8 Å². The normalized spacial score (nSPS) is 10.5. The van der Waals surface area contributed by atoms with Crippen molar-refractivity contribution < 1.29 is 4.48 Å². The van der Waals surface area contributed by atoms with E-state index >= 15 is 0 Å². The van der Waals surface area contributed by atoms with Crippen molar-refractivity contribution in [1.82, 2.24) is 9.97 Å². The molecule has 0 atom stereocenters. The van der Waals surface area contributed by atoms with E-state index in [0.29, 0.717) is 0 Å². The van der Waals surface area contributed by atoms with Crippen LogP contribution in [0.1, 0.15) is 25.2 Å². The van der Waals surface area contributed by atoms with Crippen molar-refractivity contribution in [2.24, 2.45) is 0 Å². The average molecular weight is 258 g/mol. The summed E-state index contributed by atoms with van der Waals surface area (Å²) in [6.07, 6.45) is 3.69. The SMILES string of the molecule is CC.C[N+](C)(Cc1ccccn1)Cc1ccccn1. The first-order valence-electron chi connectivity index (χ1n) is 6.77. The number of quaternary nitrogens is 1. The molecule has 0 spiro atoms. The van der Waals surface area contributed by atoms with Gasteiger partial charge in [0.05, 0.1) is 25.5 Å². The Kier molecular flexibility index (Phi) is 6.16. The van der Waals surface area contributed by atoms with E-state index in [1.165, 1.54) is 0 Å². The third kappa shape index (κ3) is 5.62. The molecule has 2 aromatic rings. The molecular formula is C16H24N3+. The van der Waals surface area contributed by atoms with E-state index in [-0.39, 0.29) is 0 Å². The molecule has 0 bridgehead atoms. The van der Waals surface area contributed by atoms with Gasteiger partial charge in [-0.3, -0.25) is 9.97 Å². The molecule has 0 amide bonds. The van der Waals surface area contributed by atoms with E-state index < -0.39 is 0 Å². The first-order chi connectivity index (χ1) is 9.16. The molecule has 0 saturated carbocycles. The Labute approximate surface area is 116 Å². The van der Waals surface area contributed by atoms with Crippen LogP contribution in [0.25, 0.3) is 0 Å². The molecule has 19 heavy (non-hydrogen) atoms. The maximum Gasteiger partial charge on any atom is 0.121 e. The molecule has 2 rings (SSSR count). The van der Waals surface area contributed by atoms with Crippen molar-refractivity contribution >= 4 is 0 Å². The minimum Gasteiger partial charge on any atom is -0.318 e. The van der Waals surface area contributed by atoms with Gasteiger partial charge in [0.25, 0.3) is 0 Å². The molecule has 0 aliphatic rings. The van der Waals surface area contributed by atoms with Crippen LogP contribution in [-0.2, 0) is 13.1 Å². The van der Waals surface area contributed by atoms with Gasteiger partial charge in [-0.2, -0.15) is 0 Å². The van der Waals surface area contributed by atoms with Crippen LogP contribution in [0, 0.1) is 0 Å². The summed E-state index contributed by atoms with van der Waals surface area (Å²) in [5.41, 5.74) is 2.24. The number of nitrogens with zero attached hydrogens (tertiary/aromatic N) is 3. The Morgan fingerprint density at radius 1 is 0.789 bits per heavy atom.